The van der Waals surface area contributed by atoms with Crippen molar-refractivity contribution in [1.82, 2.24) is 0 Å². The molecule has 1 aromatic carbocycles. The summed E-state index contributed by atoms with van der Waals surface area (Å²) >= 11 is 0. The molecule has 2 atom stereocenters. The van der Waals surface area contributed by atoms with Gasteiger partial charge in [0.1, 0.15) is 5.82 Å². The topological polar surface area (TPSA) is 38.7 Å². The molecule has 2 bridgehead atoms. The first-order chi connectivity index (χ1) is 9.84. The van der Waals surface area contributed by atoms with Crippen LogP contribution < -0.4 is 0 Å². The first kappa shape index (κ1) is 14.2. The largest absolute Gasteiger partial charge is 0.365 e. The number of carbonyl (C=O) groups excluding carboxylic acids is 1. The van der Waals surface area contributed by atoms with E-state index in [2.05, 4.69) is 25.9 Å². The Hall–Kier alpha value is -1.71. The molecule has 0 radical (unpaired) electrons. The van der Waals surface area contributed by atoms with Gasteiger partial charge in [-0.25, -0.2) is 9.18 Å². The van der Waals surface area contributed by atoms with E-state index in [-0.39, 0.29) is 16.6 Å². The van der Waals surface area contributed by atoms with Crippen molar-refractivity contribution >= 4 is 11.7 Å². The molecular formula is C17H20FNO2. The number of hydrogen-bond donors (Lipinski definition) is 0. The molecule has 0 unspecified atom stereocenters. The van der Waals surface area contributed by atoms with Gasteiger partial charge in [-0.3, -0.25) is 0 Å². The van der Waals surface area contributed by atoms with Crippen LogP contribution in [0, 0.1) is 22.6 Å². The molecule has 0 saturated heterocycles. The highest BCUT2D eigenvalue weighted by Crippen LogP contribution is 2.63. The van der Waals surface area contributed by atoms with Gasteiger partial charge in [0.15, 0.2) is 0 Å². The van der Waals surface area contributed by atoms with Crippen LogP contribution in [0.5, 0.6) is 0 Å². The summed E-state index contributed by atoms with van der Waals surface area (Å²) in [6.07, 6.45) is 3.21. The number of oxime groups is 1. The van der Waals surface area contributed by atoms with E-state index in [1.165, 1.54) is 30.7 Å². The predicted octanol–water partition coefficient (Wildman–Crippen LogP) is 4.18. The summed E-state index contributed by atoms with van der Waals surface area (Å²) < 4.78 is 12.8. The minimum atomic E-state index is -0.535. The van der Waals surface area contributed by atoms with Crippen molar-refractivity contribution in [3.8, 4) is 0 Å². The maximum absolute atomic E-state index is 12.8. The molecule has 2 saturated carbocycles. The zero-order valence-electron chi connectivity index (χ0n) is 12.6. The Morgan fingerprint density at radius 2 is 1.95 bits per heavy atom. The lowest BCUT2D eigenvalue weighted by Gasteiger charge is -2.34. The van der Waals surface area contributed by atoms with Gasteiger partial charge in [-0.05, 0) is 54.9 Å². The highest BCUT2D eigenvalue weighted by molar-refractivity contribution is 5.95. The second-order valence-electron chi connectivity index (χ2n) is 6.92. The van der Waals surface area contributed by atoms with Gasteiger partial charge in [0.25, 0.3) is 0 Å². The first-order valence-corrected chi connectivity index (χ1v) is 7.39. The van der Waals surface area contributed by atoms with Gasteiger partial charge >= 0.3 is 5.97 Å². The van der Waals surface area contributed by atoms with E-state index >= 15 is 0 Å². The lowest BCUT2D eigenvalue weighted by atomic mass is 9.70. The molecule has 4 heteroatoms. The second-order valence-corrected chi connectivity index (χ2v) is 6.92. The Balaban J connectivity index is 1.76. The number of benzene rings is 1. The lowest BCUT2D eigenvalue weighted by Crippen LogP contribution is -2.32. The van der Waals surface area contributed by atoms with E-state index in [0.717, 1.165) is 18.6 Å². The normalized spacial score (nSPS) is 31.6. The standard InChI is InChI=1S/C17H20FNO2/c1-16(2)12-8-9-17(16,3)14(10-12)19-21-15(20)11-4-6-13(18)7-5-11/h4-7,12H,8-10H2,1-3H3/b19-14+/t12-,17-/m1/s1. The van der Waals surface area contributed by atoms with Crippen LogP contribution in [0.25, 0.3) is 0 Å². The van der Waals surface area contributed by atoms with Crippen molar-refractivity contribution in [3.63, 3.8) is 0 Å². The van der Waals surface area contributed by atoms with Gasteiger partial charge in [-0.2, -0.15) is 0 Å². The summed E-state index contributed by atoms with van der Waals surface area (Å²) in [5.41, 5.74) is 1.52. The van der Waals surface area contributed by atoms with Crippen LogP contribution >= 0.6 is 0 Å². The fraction of sp³-hybridized carbons (Fsp3) is 0.529. The number of halogens is 1. The highest BCUT2D eigenvalue weighted by atomic mass is 19.1. The van der Waals surface area contributed by atoms with Crippen LogP contribution in [-0.4, -0.2) is 11.7 Å². The maximum atomic E-state index is 12.8. The molecule has 0 aliphatic heterocycles. The SMILES string of the molecule is CC1(C)[C@@H]2CC[C@]1(C)/C(=N/OC(=O)c1ccc(F)cc1)C2. The van der Waals surface area contributed by atoms with E-state index in [9.17, 15) is 9.18 Å². The van der Waals surface area contributed by atoms with Crippen LogP contribution in [0.15, 0.2) is 29.4 Å². The number of carbonyl (C=O) groups is 1. The molecule has 1 aromatic rings. The van der Waals surface area contributed by atoms with Crippen LogP contribution in [0.1, 0.15) is 50.4 Å². The summed E-state index contributed by atoms with van der Waals surface area (Å²) in [5.74, 6) is -0.294. The number of fused-ring (bicyclic) bond motifs is 2. The number of nitrogens with zero attached hydrogens (tertiary/aromatic N) is 1. The molecule has 3 nitrogen and oxygen atoms in total. The third-order valence-electron chi connectivity index (χ3n) is 5.83. The van der Waals surface area contributed by atoms with Crippen molar-refractivity contribution in [2.24, 2.45) is 21.9 Å². The van der Waals surface area contributed by atoms with Gasteiger partial charge in [-0.15, -0.1) is 0 Å². The van der Waals surface area contributed by atoms with Gasteiger partial charge in [0, 0.05) is 5.41 Å². The molecule has 0 spiro atoms. The number of rotatable bonds is 2. The summed E-state index contributed by atoms with van der Waals surface area (Å²) in [4.78, 5) is 17.0. The van der Waals surface area contributed by atoms with Gasteiger partial charge in [-0.1, -0.05) is 25.9 Å². The van der Waals surface area contributed by atoms with E-state index in [1.54, 1.807) is 0 Å². The molecule has 2 fully saturated rings. The third-order valence-corrected chi connectivity index (χ3v) is 5.83. The smallest absolute Gasteiger partial charge is 0.313 e. The number of hydrogen-bond acceptors (Lipinski definition) is 3. The Bertz CT molecular complexity index is 606. The Kier molecular flexibility index (Phi) is 3.15. The van der Waals surface area contributed by atoms with Crippen molar-refractivity contribution < 1.29 is 14.0 Å². The molecule has 2 aliphatic rings. The van der Waals surface area contributed by atoms with Crippen molar-refractivity contribution in [1.29, 1.82) is 0 Å². The zero-order chi connectivity index (χ0) is 15.3. The molecule has 2 aliphatic carbocycles. The molecule has 0 amide bonds. The second kappa shape index (κ2) is 4.65. The molecule has 0 aromatic heterocycles. The maximum Gasteiger partial charge on any atom is 0.365 e. The molecule has 0 N–H and O–H groups in total. The van der Waals surface area contributed by atoms with Crippen LogP contribution in [0.4, 0.5) is 4.39 Å². The van der Waals surface area contributed by atoms with Crippen LogP contribution in [-0.2, 0) is 4.84 Å². The molecule has 0 heterocycles. The van der Waals surface area contributed by atoms with E-state index in [4.69, 9.17) is 4.84 Å². The van der Waals surface area contributed by atoms with Gasteiger partial charge in [0.2, 0.25) is 0 Å². The quantitative estimate of drug-likeness (QED) is 0.605. The van der Waals surface area contributed by atoms with E-state index in [1.807, 2.05) is 0 Å². The van der Waals surface area contributed by atoms with Crippen LogP contribution in [0.2, 0.25) is 0 Å². The summed E-state index contributed by atoms with van der Waals surface area (Å²) in [7, 11) is 0. The fourth-order valence-corrected chi connectivity index (χ4v) is 3.80. The lowest BCUT2D eigenvalue weighted by molar-refractivity contribution is 0.0508. The first-order valence-electron chi connectivity index (χ1n) is 7.39. The zero-order valence-corrected chi connectivity index (χ0v) is 12.6. The molecular weight excluding hydrogens is 269 g/mol. The minimum absolute atomic E-state index is 0.0146. The van der Waals surface area contributed by atoms with Crippen molar-refractivity contribution in [2.45, 2.75) is 40.0 Å². The molecule has 3 rings (SSSR count). The van der Waals surface area contributed by atoms with Crippen LogP contribution in [0.3, 0.4) is 0 Å². The average Bonchev–Trinajstić information content (AvgIpc) is 2.78. The van der Waals surface area contributed by atoms with Gasteiger partial charge < -0.3 is 4.84 Å². The average molecular weight is 289 g/mol. The Morgan fingerprint density at radius 1 is 1.29 bits per heavy atom. The van der Waals surface area contributed by atoms with Gasteiger partial charge in [0.05, 0.1) is 11.3 Å². The van der Waals surface area contributed by atoms with Crippen molar-refractivity contribution in [3.05, 3.63) is 35.6 Å². The summed E-state index contributed by atoms with van der Waals surface area (Å²) in [6.45, 7) is 6.76. The summed E-state index contributed by atoms with van der Waals surface area (Å²) in [6, 6.07) is 5.30. The Morgan fingerprint density at radius 3 is 2.48 bits per heavy atom. The monoisotopic (exact) mass is 289 g/mol. The van der Waals surface area contributed by atoms with E-state index < -0.39 is 5.97 Å². The fourth-order valence-electron chi connectivity index (χ4n) is 3.80. The molecule has 112 valence electrons. The van der Waals surface area contributed by atoms with E-state index in [0.29, 0.717) is 11.5 Å². The van der Waals surface area contributed by atoms with Crippen molar-refractivity contribution in [2.75, 3.05) is 0 Å². The highest BCUT2D eigenvalue weighted by Gasteiger charge is 2.60. The molecule has 21 heavy (non-hydrogen) atoms. The Labute approximate surface area is 124 Å². The predicted molar refractivity (Wildman–Crippen MR) is 78.5 cm³/mol. The third kappa shape index (κ3) is 2.08. The summed E-state index contributed by atoms with van der Waals surface area (Å²) in [5, 5.41) is 4.15. The minimum Gasteiger partial charge on any atom is -0.313 e.